The van der Waals surface area contributed by atoms with Crippen molar-refractivity contribution in [1.29, 1.82) is 0 Å². The molecule has 0 spiro atoms. The zero-order valence-corrected chi connectivity index (χ0v) is 20.2. The molecule has 2 aromatic rings. The molecule has 2 rings (SSSR count). The van der Waals surface area contributed by atoms with Gasteiger partial charge >= 0.3 is 6.61 Å². The molecule has 0 saturated heterocycles. The number of hydrogen-bond acceptors (Lipinski definition) is 4. The zero-order valence-electron chi connectivity index (χ0n) is 16.4. The first-order valence-electron chi connectivity index (χ1n) is 8.42. The summed E-state index contributed by atoms with van der Waals surface area (Å²) < 4.78 is 35.5. The van der Waals surface area contributed by atoms with Crippen LogP contribution >= 0.6 is 47.2 Å². The predicted molar refractivity (Wildman–Crippen MR) is 121 cm³/mol. The van der Waals surface area contributed by atoms with Gasteiger partial charge in [-0.25, -0.2) is 4.98 Å². The van der Waals surface area contributed by atoms with Gasteiger partial charge in [0, 0.05) is 29.6 Å². The molecule has 0 aliphatic heterocycles. The van der Waals surface area contributed by atoms with Crippen LogP contribution in [0.4, 0.5) is 8.78 Å². The van der Waals surface area contributed by atoms with E-state index in [2.05, 4.69) is 25.3 Å². The third-order valence-corrected chi connectivity index (χ3v) is 4.16. The number of nitrogens with zero attached hydrogens (tertiary/aromatic N) is 2. The summed E-state index contributed by atoms with van der Waals surface area (Å²) in [6, 6.07) is 2.84. The lowest BCUT2D eigenvalue weighted by Crippen LogP contribution is -2.36. The molecular weight excluding hydrogens is 540 g/mol. The van der Waals surface area contributed by atoms with Gasteiger partial charge in [0.15, 0.2) is 5.96 Å². The Hall–Kier alpha value is -1.33. The van der Waals surface area contributed by atoms with Gasteiger partial charge < -0.3 is 19.8 Å². The third-order valence-electron chi connectivity index (χ3n) is 3.66. The molecule has 0 bridgehead atoms. The first-order valence-corrected chi connectivity index (χ1v) is 9.18. The van der Waals surface area contributed by atoms with E-state index in [-0.39, 0.29) is 46.7 Å². The number of benzene rings is 1. The maximum Gasteiger partial charge on any atom is 0.387 e. The Labute approximate surface area is 195 Å². The van der Waals surface area contributed by atoms with Gasteiger partial charge in [0.05, 0.1) is 17.8 Å². The molecule has 0 aliphatic carbocycles. The average molecular weight is 563 g/mol. The zero-order chi connectivity index (χ0) is 20.9. The summed E-state index contributed by atoms with van der Waals surface area (Å²) in [5.74, 6) is 1.55. The van der Waals surface area contributed by atoms with E-state index in [0.717, 1.165) is 5.76 Å². The summed E-state index contributed by atoms with van der Waals surface area (Å²) in [6.07, 6.45) is 1.69. The Kier molecular flexibility index (Phi) is 9.90. The maximum atomic E-state index is 12.7. The lowest BCUT2D eigenvalue weighted by Gasteiger charge is -2.16. The normalized spacial score (nSPS) is 12.0. The molecule has 0 atom stereocenters. The predicted octanol–water partition coefficient (Wildman–Crippen LogP) is 5.36. The molecule has 2 N–H and O–H groups in total. The van der Waals surface area contributed by atoms with Crippen LogP contribution in [-0.4, -0.2) is 24.6 Å². The number of oxazole rings is 1. The Morgan fingerprint density at radius 3 is 2.45 bits per heavy atom. The van der Waals surface area contributed by atoms with E-state index in [1.807, 2.05) is 20.8 Å². The van der Waals surface area contributed by atoms with Crippen LogP contribution in [0.15, 0.2) is 27.7 Å². The number of aromatic nitrogens is 1. The number of aliphatic imine (C=N–C) groups is 1. The van der Waals surface area contributed by atoms with Crippen molar-refractivity contribution in [3.05, 3.63) is 45.6 Å². The minimum absolute atomic E-state index is 0. The van der Waals surface area contributed by atoms with E-state index in [1.165, 1.54) is 12.1 Å². The first kappa shape index (κ1) is 25.7. The van der Waals surface area contributed by atoms with E-state index in [4.69, 9.17) is 27.6 Å². The monoisotopic (exact) mass is 562 g/mol. The summed E-state index contributed by atoms with van der Waals surface area (Å²) in [5.41, 5.74) is 0.227. The minimum atomic E-state index is -3.00. The fraction of sp³-hybridized carbons (Fsp3) is 0.444. The highest BCUT2D eigenvalue weighted by Crippen LogP contribution is 2.33. The number of alkyl halides is 2. The molecular formula is C18H23Cl2F2IN4O2. The van der Waals surface area contributed by atoms with Crippen molar-refractivity contribution in [2.24, 2.45) is 4.99 Å². The number of halogens is 5. The van der Waals surface area contributed by atoms with Gasteiger partial charge in [-0.15, -0.1) is 24.0 Å². The van der Waals surface area contributed by atoms with Gasteiger partial charge in [-0.2, -0.15) is 8.78 Å². The van der Waals surface area contributed by atoms with Gasteiger partial charge in [0.1, 0.15) is 11.5 Å². The van der Waals surface area contributed by atoms with E-state index < -0.39 is 6.61 Å². The number of rotatable bonds is 6. The fourth-order valence-corrected chi connectivity index (χ4v) is 2.84. The number of hydrogen-bond donors (Lipinski definition) is 2. The van der Waals surface area contributed by atoms with Crippen LogP contribution in [0.3, 0.4) is 0 Å². The molecule has 29 heavy (non-hydrogen) atoms. The molecule has 0 radical (unpaired) electrons. The number of ether oxygens (including phenoxy) is 1. The SMILES string of the molecule is CN=C(NCc1ncc(C(C)(C)C)o1)NCc1cc(Cl)cc(Cl)c1OC(F)F.I. The molecule has 0 unspecified atom stereocenters. The Morgan fingerprint density at radius 1 is 1.24 bits per heavy atom. The fourth-order valence-electron chi connectivity index (χ4n) is 2.26. The van der Waals surface area contributed by atoms with Crippen molar-refractivity contribution < 1.29 is 17.9 Å². The van der Waals surface area contributed by atoms with Crippen molar-refractivity contribution in [3.63, 3.8) is 0 Å². The summed E-state index contributed by atoms with van der Waals surface area (Å²) in [6.45, 7) is 3.49. The summed E-state index contributed by atoms with van der Waals surface area (Å²) in [7, 11) is 1.58. The van der Waals surface area contributed by atoms with E-state index in [1.54, 1.807) is 13.2 Å². The molecule has 0 saturated carbocycles. The smallest absolute Gasteiger partial charge is 0.387 e. The van der Waals surface area contributed by atoms with Gasteiger partial charge in [0.25, 0.3) is 0 Å². The summed E-state index contributed by atoms with van der Waals surface area (Å²) >= 11 is 11.9. The van der Waals surface area contributed by atoms with E-state index in [0.29, 0.717) is 29.0 Å². The third kappa shape index (κ3) is 7.78. The van der Waals surface area contributed by atoms with Crippen LogP contribution in [0.1, 0.15) is 38.0 Å². The van der Waals surface area contributed by atoms with Gasteiger partial charge in [-0.05, 0) is 12.1 Å². The van der Waals surface area contributed by atoms with E-state index >= 15 is 0 Å². The molecule has 11 heteroatoms. The topological polar surface area (TPSA) is 71.7 Å². The highest BCUT2D eigenvalue weighted by atomic mass is 127. The molecule has 0 amide bonds. The molecule has 162 valence electrons. The number of guanidine groups is 1. The molecule has 1 aromatic heterocycles. The quantitative estimate of drug-likeness (QED) is 0.282. The average Bonchev–Trinajstić information content (AvgIpc) is 3.07. The Balaban J connectivity index is 0.00000420. The van der Waals surface area contributed by atoms with Gasteiger partial charge in [-0.1, -0.05) is 44.0 Å². The lowest BCUT2D eigenvalue weighted by atomic mass is 9.94. The van der Waals surface area contributed by atoms with Gasteiger partial charge in [0.2, 0.25) is 5.89 Å². The van der Waals surface area contributed by atoms with Crippen LogP contribution in [0.25, 0.3) is 0 Å². The highest BCUT2D eigenvalue weighted by molar-refractivity contribution is 14.0. The Morgan fingerprint density at radius 2 is 1.90 bits per heavy atom. The van der Waals surface area contributed by atoms with Crippen LogP contribution in [-0.2, 0) is 18.5 Å². The minimum Gasteiger partial charge on any atom is -0.443 e. The van der Waals surface area contributed by atoms with Crippen molar-refractivity contribution in [2.75, 3.05) is 7.05 Å². The van der Waals surface area contributed by atoms with Crippen LogP contribution < -0.4 is 15.4 Å². The van der Waals surface area contributed by atoms with Gasteiger partial charge in [-0.3, -0.25) is 4.99 Å². The molecule has 6 nitrogen and oxygen atoms in total. The second-order valence-electron chi connectivity index (χ2n) is 6.90. The van der Waals surface area contributed by atoms with Crippen molar-refractivity contribution in [1.82, 2.24) is 15.6 Å². The lowest BCUT2D eigenvalue weighted by molar-refractivity contribution is -0.0504. The molecule has 0 fully saturated rings. The highest BCUT2D eigenvalue weighted by Gasteiger charge is 2.19. The molecule has 1 heterocycles. The van der Waals surface area contributed by atoms with Crippen molar-refractivity contribution >= 4 is 53.1 Å². The molecule has 0 aliphatic rings. The largest absolute Gasteiger partial charge is 0.443 e. The maximum absolute atomic E-state index is 12.7. The van der Waals surface area contributed by atoms with Crippen LogP contribution in [0, 0.1) is 0 Å². The standard InChI is InChI=1S/C18H22Cl2F2N4O2.HI/c1-18(2,3)13-8-24-14(27-13)9-26-17(23-4)25-7-10-5-11(19)6-12(20)15(10)28-16(21)22;/h5-6,8,16H,7,9H2,1-4H3,(H2,23,25,26);1H. The van der Waals surface area contributed by atoms with Crippen molar-refractivity contribution in [2.45, 2.75) is 45.9 Å². The summed E-state index contributed by atoms with van der Waals surface area (Å²) in [4.78, 5) is 8.31. The number of nitrogens with one attached hydrogen (secondary N) is 2. The second-order valence-corrected chi connectivity index (χ2v) is 7.75. The molecule has 1 aromatic carbocycles. The Bertz CT molecular complexity index is 842. The second kappa shape index (κ2) is 11.2. The first-order chi connectivity index (χ1) is 13.1. The van der Waals surface area contributed by atoms with Crippen LogP contribution in [0.2, 0.25) is 10.0 Å². The van der Waals surface area contributed by atoms with Crippen molar-refractivity contribution in [3.8, 4) is 5.75 Å². The van der Waals surface area contributed by atoms with Crippen LogP contribution in [0.5, 0.6) is 5.75 Å². The summed E-state index contributed by atoms with van der Waals surface area (Å²) in [5, 5.41) is 6.33. The van der Waals surface area contributed by atoms with E-state index in [9.17, 15) is 8.78 Å².